The molecule has 0 aliphatic rings. The molecule has 2 N–H and O–H groups in total. The first-order valence-corrected chi connectivity index (χ1v) is 8.44. The van der Waals surface area contributed by atoms with Crippen molar-refractivity contribution in [1.82, 2.24) is 10.6 Å². The number of nitrogens with one attached hydrogen (secondary N) is 2. The van der Waals surface area contributed by atoms with Crippen LogP contribution in [0.25, 0.3) is 0 Å². The van der Waals surface area contributed by atoms with Crippen molar-refractivity contribution >= 4 is 5.96 Å². The Morgan fingerprint density at radius 1 is 1.08 bits per heavy atom. The van der Waals surface area contributed by atoms with E-state index in [-0.39, 0.29) is 0 Å². The number of rotatable bonds is 9. The predicted octanol–water partition coefficient (Wildman–Crippen LogP) is 3.15. The highest BCUT2D eigenvalue weighted by atomic mass is 16.5. The van der Waals surface area contributed by atoms with Crippen LogP contribution in [0.5, 0.6) is 5.75 Å². The summed E-state index contributed by atoms with van der Waals surface area (Å²) in [5, 5.41) is 6.59. The van der Waals surface area contributed by atoms with Gasteiger partial charge in [0.2, 0.25) is 0 Å². The molecule has 130 valence electrons. The van der Waals surface area contributed by atoms with Crippen LogP contribution in [0.3, 0.4) is 0 Å². The van der Waals surface area contributed by atoms with E-state index < -0.39 is 0 Å². The van der Waals surface area contributed by atoms with Gasteiger partial charge in [0, 0.05) is 26.6 Å². The first-order valence-electron chi connectivity index (χ1n) is 8.44. The van der Waals surface area contributed by atoms with Crippen molar-refractivity contribution in [1.29, 1.82) is 0 Å². The maximum atomic E-state index is 5.72. The minimum absolute atomic E-state index is 0.731. The zero-order chi connectivity index (χ0) is 17.0. The van der Waals surface area contributed by atoms with Crippen LogP contribution in [-0.2, 0) is 6.42 Å². The number of ether oxygens (including phenoxy) is 1. The number of hydrogen-bond donors (Lipinski definition) is 2. The zero-order valence-corrected chi connectivity index (χ0v) is 14.5. The summed E-state index contributed by atoms with van der Waals surface area (Å²) in [6, 6.07) is 12.0. The monoisotopic (exact) mass is 329 g/mol. The molecule has 2 aromatic rings. The molecule has 0 aliphatic carbocycles. The molecule has 0 saturated heterocycles. The maximum absolute atomic E-state index is 5.72. The largest absolute Gasteiger partial charge is 0.494 e. The fourth-order valence-electron chi connectivity index (χ4n) is 2.24. The molecule has 0 atom stereocenters. The van der Waals surface area contributed by atoms with Crippen LogP contribution in [0, 0.1) is 6.92 Å². The molecular weight excluding hydrogens is 302 g/mol. The van der Waals surface area contributed by atoms with Gasteiger partial charge in [-0.05, 0) is 44.0 Å². The van der Waals surface area contributed by atoms with Gasteiger partial charge in [-0.3, -0.25) is 4.99 Å². The zero-order valence-electron chi connectivity index (χ0n) is 14.5. The van der Waals surface area contributed by atoms with Gasteiger partial charge in [-0.15, -0.1) is 0 Å². The van der Waals surface area contributed by atoms with Crippen molar-refractivity contribution in [3.05, 3.63) is 54.0 Å². The van der Waals surface area contributed by atoms with Crippen molar-refractivity contribution in [2.45, 2.75) is 26.2 Å². The number of aliphatic imine (C=N–C) groups is 1. The molecule has 0 amide bonds. The SMILES string of the molecule is CN=C(NCCCCOc1ccc(C)cc1)NCCc1ccco1. The maximum Gasteiger partial charge on any atom is 0.190 e. The van der Waals surface area contributed by atoms with E-state index in [2.05, 4.69) is 34.7 Å². The number of aryl methyl sites for hydroxylation is 1. The summed E-state index contributed by atoms with van der Waals surface area (Å²) >= 11 is 0. The molecule has 0 spiro atoms. The summed E-state index contributed by atoms with van der Waals surface area (Å²) in [7, 11) is 1.78. The van der Waals surface area contributed by atoms with Gasteiger partial charge in [0.05, 0.1) is 12.9 Å². The second-order valence-corrected chi connectivity index (χ2v) is 5.62. The number of furan rings is 1. The van der Waals surface area contributed by atoms with Gasteiger partial charge in [-0.25, -0.2) is 0 Å². The van der Waals surface area contributed by atoms with E-state index >= 15 is 0 Å². The lowest BCUT2D eigenvalue weighted by Gasteiger charge is -2.11. The van der Waals surface area contributed by atoms with Gasteiger partial charge in [-0.2, -0.15) is 0 Å². The van der Waals surface area contributed by atoms with Gasteiger partial charge in [-0.1, -0.05) is 17.7 Å². The van der Waals surface area contributed by atoms with Crippen molar-refractivity contribution in [2.24, 2.45) is 4.99 Å². The van der Waals surface area contributed by atoms with E-state index in [9.17, 15) is 0 Å². The summed E-state index contributed by atoms with van der Waals surface area (Å²) in [5.74, 6) is 2.73. The first kappa shape index (κ1) is 17.9. The molecule has 0 aliphatic heterocycles. The van der Waals surface area contributed by atoms with Crippen LogP contribution >= 0.6 is 0 Å². The third-order valence-electron chi connectivity index (χ3n) is 3.62. The van der Waals surface area contributed by atoms with Gasteiger partial charge >= 0.3 is 0 Å². The van der Waals surface area contributed by atoms with E-state index in [0.29, 0.717) is 0 Å². The Hall–Kier alpha value is -2.43. The van der Waals surface area contributed by atoms with Crippen LogP contribution in [0.2, 0.25) is 0 Å². The highest BCUT2D eigenvalue weighted by Gasteiger charge is 1.99. The van der Waals surface area contributed by atoms with E-state index in [4.69, 9.17) is 9.15 Å². The normalized spacial score (nSPS) is 11.3. The second-order valence-electron chi connectivity index (χ2n) is 5.62. The summed E-state index contributed by atoms with van der Waals surface area (Å²) < 4.78 is 11.0. The lowest BCUT2D eigenvalue weighted by molar-refractivity contribution is 0.307. The third-order valence-corrected chi connectivity index (χ3v) is 3.62. The molecule has 24 heavy (non-hydrogen) atoms. The van der Waals surface area contributed by atoms with Crippen molar-refractivity contribution < 1.29 is 9.15 Å². The minimum atomic E-state index is 0.731. The van der Waals surface area contributed by atoms with E-state index in [1.807, 2.05) is 24.3 Å². The lowest BCUT2D eigenvalue weighted by Crippen LogP contribution is -2.38. The molecule has 0 bridgehead atoms. The molecule has 0 unspecified atom stereocenters. The summed E-state index contributed by atoms with van der Waals surface area (Å²) in [6.07, 6.45) is 4.58. The highest BCUT2D eigenvalue weighted by Crippen LogP contribution is 2.11. The summed E-state index contributed by atoms with van der Waals surface area (Å²) in [4.78, 5) is 4.21. The average molecular weight is 329 g/mol. The van der Waals surface area contributed by atoms with Crippen LogP contribution in [-0.4, -0.2) is 32.7 Å². The summed E-state index contributed by atoms with van der Waals surface area (Å²) in [5.41, 5.74) is 1.25. The van der Waals surface area contributed by atoms with E-state index in [1.54, 1.807) is 13.3 Å². The predicted molar refractivity (Wildman–Crippen MR) is 97.7 cm³/mol. The average Bonchev–Trinajstić information content (AvgIpc) is 3.11. The molecule has 0 saturated carbocycles. The molecule has 1 aromatic carbocycles. The van der Waals surface area contributed by atoms with Crippen LogP contribution < -0.4 is 15.4 Å². The number of benzene rings is 1. The fourth-order valence-corrected chi connectivity index (χ4v) is 2.24. The number of guanidine groups is 1. The first-order chi connectivity index (χ1) is 11.8. The molecule has 1 aromatic heterocycles. The van der Waals surface area contributed by atoms with Crippen LogP contribution in [0.1, 0.15) is 24.2 Å². The van der Waals surface area contributed by atoms with Crippen molar-refractivity contribution in [3.63, 3.8) is 0 Å². The second kappa shape index (κ2) is 10.4. The Morgan fingerprint density at radius 2 is 1.88 bits per heavy atom. The lowest BCUT2D eigenvalue weighted by atomic mass is 10.2. The smallest absolute Gasteiger partial charge is 0.190 e. The van der Waals surface area contributed by atoms with Crippen LogP contribution in [0.15, 0.2) is 52.1 Å². The molecule has 0 fully saturated rings. The molecule has 0 radical (unpaired) electrons. The fraction of sp³-hybridized carbons (Fsp3) is 0.421. The quantitative estimate of drug-likeness (QED) is 0.421. The van der Waals surface area contributed by atoms with E-state index in [0.717, 1.165) is 56.4 Å². The van der Waals surface area contributed by atoms with Gasteiger partial charge in [0.15, 0.2) is 5.96 Å². The highest BCUT2D eigenvalue weighted by molar-refractivity contribution is 5.79. The van der Waals surface area contributed by atoms with Crippen molar-refractivity contribution in [3.8, 4) is 5.75 Å². The minimum Gasteiger partial charge on any atom is -0.494 e. The van der Waals surface area contributed by atoms with Gasteiger partial charge in [0.1, 0.15) is 11.5 Å². The molecule has 2 rings (SSSR count). The number of unbranched alkanes of at least 4 members (excludes halogenated alkanes) is 1. The van der Waals surface area contributed by atoms with Gasteiger partial charge in [0.25, 0.3) is 0 Å². The number of hydrogen-bond acceptors (Lipinski definition) is 3. The molecule has 5 nitrogen and oxygen atoms in total. The van der Waals surface area contributed by atoms with Gasteiger partial charge < -0.3 is 19.8 Å². The summed E-state index contributed by atoms with van der Waals surface area (Å²) in [6.45, 7) is 4.47. The third kappa shape index (κ3) is 6.77. The Kier molecular flexibility index (Phi) is 7.74. The van der Waals surface area contributed by atoms with Crippen LogP contribution in [0.4, 0.5) is 0 Å². The van der Waals surface area contributed by atoms with E-state index in [1.165, 1.54) is 5.56 Å². The molecular formula is C19H27N3O2. The Bertz CT molecular complexity index is 592. The molecule has 1 heterocycles. The standard InChI is InChI=1S/C19H27N3O2/c1-16-7-9-18(10-8-16)23-14-4-3-12-21-19(20-2)22-13-11-17-6-5-15-24-17/h5-10,15H,3-4,11-14H2,1-2H3,(H2,20,21,22). The molecule has 5 heteroatoms. The Balaban J connectivity index is 1.51. The topological polar surface area (TPSA) is 58.8 Å². The van der Waals surface area contributed by atoms with Crippen molar-refractivity contribution in [2.75, 3.05) is 26.7 Å². The Morgan fingerprint density at radius 3 is 2.58 bits per heavy atom. The number of nitrogens with zero attached hydrogens (tertiary/aromatic N) is 1. The Labute approximate surface area is 144 Å².